The molecule has 2 nitrogen and oxygen atoms in total. The standard InChI is InChI=1S/C13H21ClO2PS.BrH/c1-4-17(5-2,6-3)11-12-7-9-13(10-8-12)18(14,15)16;/h7-10H,4-6,11H2,1-3H3;1H/q+1;/p-1. The number of hydrogen-bond acceptors (Lipinski definition) is 2. The fourth-order valence-corrected chi connectivity index (χ4v) is 5.92. The van der Waals surface area contributed by atoms with Crippen LogP contribution in [-0.4, -0.2) is 26.9 Å². The zero-order valence-electron chi connectivity index (χ0n) is 11.6. The molecule has 0 bridgehead atoms. The summed E-state index contributed by atoms with van der Waals surface area (Å²) >= 11 is 0. The second-order valence-corrected chi connectivity index (χ2v) is 12.0. The molecule has 0 heterocycles. The van der Waals surface area contributed by atoms with E-state index in [1.807, 2.05) is 12.1 Å². The van der Waals surface area contributed by atoms with Crippen LogP contribution in [0.5, 0.6) is 0 Å². The molecule has 6 heteroatoms. The van der Waals surface area contributed by atoms with Crippen molar-refractivity contribution in [2.45, 2.75) is 31.8 Å². The molecular weight excluding hydrogens is 367 g/mol. The first-order valence-corrected chi connectivity index (χ1v) is 11.1. The Morgan fingerprint density at radius 1 is 1.00 bits per heavy atom. The van der Waals surface area contributed by atoms with Crippen LogP contribution in [0, 0.1) is 0 Å². The summed E-state index contributed by atoms with van der Waals surface area (Å²) in [5, 5.41) is 0. The third kappa shape index (κ3) is 5.34. The summed E-state index contributed by atoms with van der Waals surface area (Å²) in [5.41, 5.74) is 1.22. The Bertz CT molecular complexity index is 476. The smallest absolute Gasteiger partial charge is 0.261 e. The average Bonchev–Trinajstić information content (AvgIpc) is 2.36. The van der Waals surface area contributed by atoms with Gasteiger partial charge in [0.2, 0.25) is 0 Å². The maximum absolute atomic E-state index is 11.2. The normalized spacial score (nSPS) is 12.0. The quantitative estimate of drug-likeness (QED) is 0.543. The molecule has 0 atom stereocenters. The van der Waals surface area contributed by atoms with E-state index in [4.69, 9.17) is 10.7 Å². The highest BCUT2D eigenvalue weighted by Crippen LogP contribution is 2.60. The van der Waals surface area contributed by atoms with Gasteiger partial charge in [0.05, 0.1) is 29.5 Å². The second-order valence-electron chi connectivity index (χ2n) is 4.53. The van der Waals surface area contributed by atoms with Crippen molar-refractivity contribution in [2.75, 3.05) is 18.5 Å². The van der Waals surface area contributed by atoms with Gasteiger partial charge in [-0.3, -0.25) is 0 Å². The van der Waals surface area contributed by atoms with Gasteiger partial charge in [0.25, 0.3) is 9.05 Å². The Kier molecular flexibility index (Phi) is 8.13. The minimum atomic E-state index is -3.60. The number of halogens is 2. The SMILES string of the molecule is CC[P+](CC)(CC)Cc1ccc(S(=O)(=O)Cl)cc1.[Br-]. The first-order valence-electron chi connectivity index (χ1n) is 6.25. The third-order valence-electron chi connectivity index (χ3n) is 3.74. The molecule has 0 unspecified atom stereocenters. The molecule has 0 aromatic heterocycles. The van der Waals surface area contributed by atoms with E-state index in [1.165, 1.54) is 24.0 Å². The van der Waals surface area contributed by atoms with Gasteiger partial charge in [-0.15, -0.1) is 0 Å². The van der Waals surface area contributed by atoms with Crippen molar-refractivity contribution < 1.29 is 25.4 Å². The maximum Gasteiger partial charge on any atom is 0.261 e. The van der Waals surface area contributed by atoms with Crippen molar-refractivity contribution in [1.29, 1.82) is 0 Å². The molecule has 0 radical (unpaired) electrons. The fourth-order valence-electron chi connectivity index (χ4n) is 2.15. The van der Waals surface area contributed by atoms with Crippen LogP contribution in [0.25, 0.3) is 0 Å². The predicted molar refractivity (Wildman–Crippen MR) is 81.7 cm³/mol. The summed E-state index contributed by atoms with van der Waals surface area (Å²) in [6.45, 7) is 6.79. The van der Waals surface area contributed by atoms with Crippen molar-refractivity contribution >= 4 is 27.0 Å². The van der Waals surface area contributed by atoms with E-state index in [0.29, 0.717) is 0 Å². The molecule has 1 aromatic rings. The predicted octanol–water partition coefficient (Wildman–Crippen LogP) is 1.20. The lowest BCUT2D eigenvalue weighted by Crippen LogP contribution is -3.00. The van der Waals surface area contributed by atoms with Crippen LogP contribution >= 0.6 is 17.9 Å². The van der Waals surface area contributed by atoms with E-state index in [2.05, 4.69) is 20.8 Å². The van der Waals surface area contributed by atoms with E-state index in [1.54, 1.807) is 12.1 Å². The largest absolute Gasteiger partial charge is 1.00 e. The topological polar surface area (TPSA) is 34.1 Å². The molecule has 0 aliphatic heterocycles. The highest BCUT2D eigenvalue weighted by molar-refractivity contribution is 8.13. The van der Waals surface area contributed by atoms with Crippen LogP contribution in [-0.2, 0) is 15.2 Å². The van der Waals surface area contributed by atoms with Crippen molar-refractivity contribution in [3.05, 3.63) is 29.8 Å². The lowest BCUT2D eigenvalue weighted by molar-refractivity contribution is -0.00000620. The second kappa shape index (κ2) is 7.97. The molecule has 110 valence electrons. The Balaban J connectivity index is 0.00000324. The van der Waals surface area contributed by atoms with Crippen molar-refractivity contribution in [3.8, 4) is 0 Å². The molecule has 0 N–H and O–H groups in total. The van der Waals surface area contributed by atoms with Gasteiger partial charge < -0.3 is 17.0 Å². The van der Waals surface area contributed by atoms with Crippen molar-refractivity contribution in [1.82, 2.24) is 0 Å². The molecule has 0 amide bonds. The zero-order chi connectivity index (χ0) is 13.8. The fraction of sp³-hybridized carbons (Fsp3) is 0.538. The molecule has 0 aliphatic carbocycles. The minimum Gasteiger partial charge on any atom is -1.00 e. The first-order chi connectivity index (χ1) is 8.37. The van der Waals surface area contributed by atoms with Crippen molar-refractivity contribution in [3.63, 3.8) is 0 Å². The lowest BCUT2D eigenvalue weighted by Gasteiger charge is -2.23. The van der Waals surface area contributed by atoms with Gasteiger partial charge >= 0.3 is 0 Å². The van der Waals surface area contributed by atoms with Gasteiger partial charge in [-0.05, 0) is 38.5 Å². The molecule has 0 saturated heterocycles. The molecule has 1 rings (SSSR count). The average molecular weight is 388 g/mol. The van der Waals surface area contributed by atoms with Crippen LogP contribution in [0.2, 0.25) is 0 Å². The molecule has 19 heavy (non-hydrogen) atoms. The van der Waals surface area contributed by atoms with Gasteiger partial charge in [0.15, 0.2) is 0 Å². The Labute approximate surface area is 132 Å². The van der Waals surface area contributed by atoms with Crippen molar-refractivity contribution in [2.24, 2.45) is 0 Å². The summed E-state index contributed by atoms with van der Waals surface area (Å²) in [5.74, 6) is 0. The molecule has 0 fully saturated rings. The molecule has 0 spiro atoms. The first kappa shape index (κ1) is 19.4. The van der Waals surface area contributed by atoms with Gasteiger partial charge in [-0.1, -0.05) is 12.1 Å². The lowest BCUT2D eigenvalue weighted by atomic mass is 10.2. The highest BCUT2D eigenvalue weighted by Gasteiger charge is 2.31. The van der Waals surface area contributed by atoms with Gasteiger partial charge in [-0.2, -0.15) is 0 Å². The minimum absolute atomic E-state index is 0. The summed E-state index contributed by atoms with van der Waals surface area (Å²) < 4.78 is 22.3. The van der Waals surface area contributed by atoms with Gasteiger partial charge in [0.1, 0.15) is 0 Å². The van der Waals surface area contributed by atoms with Crippen LogP contribution in [0.4, 0.5) is 0 Å². The maximum atomic E-state index is 11.2. The van der Waals surface area contributed by atoms with Crippen LogP contribution in [0.3, 0.4) is 0 Å². The monoisotopic (exact) mass is 386 g/mol. The third-order valence-corrected chi connectivity index (χ3v) is 10.2. The molecule has 0 aliphatic rings. The van der Waals surface area contributed by atoms with Crippen LogP contribution in [0.1, 0.15) is 26.3 Å². The summed E-state index contributed by atoms with van der Waals surface area (Å²) in [7, 11) is 0.807. The number of rotatable bonds is 6. The number of hydrogen-bond donors (Lipinski definition) is 0. The summed E-state index contributed by atoms with van der Waals surface area (Å²) in [6, 6.07) is 7.00. The zero-order valence-corrected chi connectivity index (χ0v) is 15.6. The Morgan fingerprint density at radius 2 is 1.42 bits per heavy atom. The highest BCUT2D eigenvalue weighted by atomic mass is 79.9. The van der Waals surface area contributed by atoms with E-state index >= 15 is 0 Å². The van der Waals surface area contributed by atoms with E-state index < -0.39 is 16.3 Å². The summed E-state index contributed by atoms with van der Waals surface area (Å²) in [4.78, 5) is 0.182. The Hall–Kier alpha value is 0.370. The van der Waals surface area contributed by atoms with Gasteiger partial charge in [-0.25, -0.2) is 8.42 Å². The van der Waals surface area contributed by atoms with Crippen LogP contribution < -0.4 is 17.0 Å². The van der Waals surface area contributed by atoms with E-state index in [-0.39, 0.29) is 21.9 Å². The van der Waals surface area contributed by atoms with E-state index in [0.717, 1.165) is 6.16 Å². The summed E-state index contributed by atoms with van der Waals surface area (Å²) in [6.07, 6.45) is 4.83. The molecule has 0 saturated carbocycles. The van der Waals surface area contributed by atoms with E-state index in [9.17, 15) is 8.42 Å². The molecular formula is C13H21BrClO2PS. The van der Waals surface area contributed by atoms with Crippen LogP contribution in [0.15, 0.2) is 29.2 Å². The molecule has 1 aromatic carbocycles. The number of benzene rings is 1. The Morgan fingerprint density at radius 3 is 1.74 bits per heavy atom. The van der Waals surface area contributed by atoms with Gasteiger partial charge in [0, 0.05) is 17.9 Å².